The molecule has 94 valence electrons. The Labute approximate surface area is 105 Å². The largest absolute Gasteiger partial charge is 0.392 e. The van der Waals surface area contributed by atoms with E-state index >= 15 is 0 Å². The van der Waals surface area contributed by atoms with E-state index in [1.54, 1.807) is 0 Å². The van der Waals surface area contributed by atoms with Gasteiger partial charge in [0, 0.05) is 6.20 Å². The topological polar surface area (TPSA) is 101 Å². The molecular formula is C9H14N4O2S2. The first-order valence-electron chi connectivity index (χ1n) is 5.29. The summed E-state index contributed by atoms with van der Waals surface area (Å²) in [7, 11) is -3.62. The van der Waals surface area contributed by atoms with Crippen molar-refractivity contribution in [2.45, 2.75) is 36.1 Å². The molecule has 0 aromatic carbocycles. The van der Waals surface area contributed by atoms with Crippen molar-refractivity contribution < 1.29 is 8.42 Å². The predicted molar refractivity (Wildman–Crippen MR) is 66.9 cm³/mol. The lowest BCUT2D eigenvalue weighted by molar-refractivity contribution is 0.503. The number of nitrogens with two attached hydrogens (primary N) is 1. The zero-order valence-electron chi connectivity index (χ0n) is 9.14. The van der Waals surface area contributed by atoms with E-state index in [4.69, 9.17) is 18.0 Å². The zero-order valence-corrected chi connectivity index (χ0v) is 10.8. The Bertz CT molecular complexity index is 503. The SMILES string of the molecule is NC(=S)C1(NS(=O)(=O)c2cn[nH]c2)CCCC1. The molecular weight excluding hydrogens is 260 g/mol. The van der Waals surface area contributed by atoms with E-state index < -0.39 is 15.6 Å². The number of thiocarbonyl (C=S) groups is 1. The number of rotatable bonds is 4. The lowest BCUT2D eigenvalue weighted by Gasteiger charge is -2.28. The lowest BCUT2D eigenvalue weighted by atomic mass is 10.00. The van der Waals surface area contributed by atoms with Gasteiger partial charge in [-0.05, 0) is 12.8 Å². The highest BCUT2D eigenvalue weighted by molar-refractivity contribution is 7.89. The Balaban J connectivity index is 2.28. The van der Waals surface area contributed by atoms with Crippen LogP contribution in [0.4, 0.5) is 0 Å². The molecule has 4 N–H and O–H groups in total. The van der Waals surface area contributed by atoms with Crippen molar-refractivity contribution in [3.8, 4) is 0 Å². The molecule has 0 aliphatic heterocycles. The maximum atomic E-state index is 12.1. The fourth-order valence-corrected chi connectivity index (χ4v) is 3.74. The van der Waals surface area contributed by atoms with Crippen LogP contribution in [0.1, 0.15) is 25.7 Å². The van der Waals surface area contributed by atoms with E-state index in [0.717, 1.165) is 12.8 Å². The van der Waals surface area contributed by atoms with Gasteiger partial charge in [-0.25, -0.2) is 8.42 Å². The van der Waals surface area contributed by atoms with Gasteiger partial charge >= 0.3 is 0 Å². The average molecular weight is 274 g/mol. The monoisotopic (exact) mass is 274 g/mol. The highest BCUT2D eigenvalue weighted by Gasteiger charge is 2.40. The van der Waals surface area contributed by atoms with E-state index in [2.05, 4.69) is 14.9 Å². The standard InChI is InChI=1S/C9H14N4O2S2/c10-8(16)9(3-1-2-4-9)13-17(14,15)7-5-11-12-6-7/h5-6,13H,1-4H2,(H2,10,16)(H,11,12). The summed E-state index contributed by atoms with van der Waals surface area (Å²) in [6.07, 6.45) is 5.73. The van der Waals surface area contributed by atoms with Gasteiger partial charge in [0.05, 0.1) is 16.7 Å². The molecule has 1 aliphatic rings. The maximum absolute atomic E-state index is 12.1. The van der Waals surface area contributed by atoms with Gasteiger partial charge in [-0.1, -0.05) is 25.1 Å². The van der Waals surface area contributed by atoms with Crippen molar-refractivity contribution in [2.24, 2.45) is 5.73 Å². The molecule has 0 unspecified atom stereocenters. The first kappa shape index (κ1) is 12.5. The summed E-state index contributed by atoms with van der Waals surface area (Å²) < 4.78 is 26.8. The molecule has 0 spiro atoms. The van der Waals surface area contributed by atoms with Crippen LogP contribution < -0.4 is 10.5 Å². The predicted octanol–water partition coefficient (Wildman–Crippen LogP) is 0.287. The van der Waals surface area contributed by atoms with E-state index in [1.807, 2.05) is 0 Å². The molecule has 6 nitrogen and oxygen atoms in total. The minimum Gasteiger partial charge on any atom is -0.392 e. The number of nitrogens with zero attached hydrogens (tertiary/aromatic N) is 1. The number of nitrogens with one attached hydrogen (secondary N) is 2. The Morgan fingerprint density at radius 1 is 1.53 bits per heavy atom. The summed E-state index contributed by atoms with van der Waals surface area (Å²) in [6.45, 7) is 0. The highest BCUT2D eigenvalue weighted by atomic mass is 32.2. The number of hydrogen-bond acceptors (Lipinski definition) is 4. The Morgan fingerprint density at radius 2 is 2.18 bits per heavy atom. The Morgan fingerprint density at radius 3 is 2.65 bits per heavy atom. The molecule has 1 aromatic heterocycles. The molecule has 1 aliphatic carbocycles. The molecule has 0 saturated heterocycles. The van der Waals surface area contributed by atoms with Crippen LogP contribution in [-0.4, -0.2) is 29.1 Å². The van der Waals surface area contributed by atoms with Gasteiger partial charge in [-0.2, -0.15) is 9.82 Å². The summed E-state index contributed by atoms with van der Waals surface area (Å²) in [6, 6.07) is 0. The number of H-pyrrole nitrogens is 1. The average Bonchev–Trinajstić information content (AvgIpc) is 2.86. The van der Waals surface area contributed by atoms with Gasteiger partial charge in [0.15, 0.2) is 0 Å². The van der Waals surface area contributed by atoms with E-state index in [0.29, 0.717) is 12.8 Å². The number of aromatic nitrogens is 2. The smallest absolute Gasteiger partial charge is 0.244 e. The minimum absolute atomic E-state index is 0.0972. The number of aromatic amines is 1. The van der Waals surface area contributed by atoms with Crippen molar-refractivity contribution in [1.29, 1.82) is 0 Å². The second kappa shape index (κ2) is 4.35. The van der Waals surface area contributed by atoms with Gasteiger partial charge in [0.1, 0.15) is 4.90 Å². The first-order chi connectivity index (χ1) is 7.96. The summed E-state index contributed by atoms with van der Waals surface area (Å²) >= 11 is 4.99. The lowest BCUT2D eigenvalue weighted by Crippen LogP contribution is -2.54. The second-order valence-electron chi connectivity index (χ2n) is 4.19. The Hall–Kier alpha value is -0.990. The normalized spacial score (nSPS) is 19.3. The third-order valence-corrected chi connectivity index (χ3v) is 4.94. The van der Waals surface area contributed by atoms with E-state index in [-0.39, 0.29) is 9.88 Å². The van der Waals surface area contributed by atoms with Crippen molar-refractivity contribution in [1.82, 2.24) is 14.9 Å². The number of sulfonamides is 1. The summed E-state index contributed by atoms with van der Waals surface area (Å²) in [4.78, 5) is 0.307. The molecule has 0 bridgehead atoms. The third-order valence-electron chi connectivity index (χ3n) is 3.04. The molecule has 1 heterocycles. The minimum atomic E-state index is -3.62. The van der Waals surface area contributed by atoms with E-state index in [1.165, 1.54) is 12.4 Å². The van der Waals surface area contributed by atoms with Crippen LogP contribution >= 0.6 is 12.2 Å². The molecule has 1 fully saturated rings. The van der Waals surface area contributed by atoms with Crippen LogP contribution in [0.5, 0.6) is 0 Å². The second-order valence-corrected chi connectivity index (χ2v) is 6.32. The Kier molecular flexibility index (Phi) is 3.19. The van der Waals surface area contributed by atoms with Crippen molar-refractivity contribution in [2.75, 3.05) is 0 Å². The van der Waals surface area contributed by atoms with E-state index in [9.17, 15) is 8.42 Å². The molecule has 0 radical (unpaired) electrons. The van der Waals surface area contributed by atoms with Crippen molar-refractivity contribution in [3.63, 3.8) is 0 Å². The summed E-state index contributed by atoms with van der Waals surface area (Å²) in [5.74, 6) is 0. The summed E-state index contributed by atoms with van der Waals surface area (Å²) in [5.41, 5.74) is 4.90. The highest BCUT2D eigenvalue weighted by Crippen LogP contribution is 2.31. The number of hydrogen-bond donors (Lipinski definition) is 3. The molecule has 0 amide bonds. The maximum Gasteiger partial charge on any atom is 0.244 e. The molecule has 1 aromatic rings. The van der Waals surface area contributed by atoms with Gasteiger partial charge in [0.25, 0.3) is 0 Å². The van der Waals surface area contributed by atoms with Gasteiger partial charge in [0.2, 0.25) is 10.0 Å². The first-order valence-corrected chi connectivity index (χ1v) is 7.18. The van der Waals surface area contributed by atoms with Crippen LogP contribution in [0.2, 0.25) is 0 Å². The fraction of sp³-hybridized carbons (Fsp3) is 0.556. The fourth-order valence-electron chi connectivity index (χ4n) is 2.08. The third kappa shape index (κ3) is 2.33. The van der Waals surface area contributed by atoms with Gasteiger partial charge in [-0.3, -0.25) is 5.10 Å². The van der Waals surface area contributed by atoms with Crippen LogP contribution in [0.25, 0.3) is 0 Å². The zero-order chi connectivity index (χ0) is 12.5. The summed E-state index contributed by atoms with van der Waals surface area (Å²) in [5, 5.41) is 6.09. The van der Waals surface area contributed by atoms with Crippen LogP contribution in [0.15, 0.2) is 17.3 Å². The van der Waals surface area contributed by atoms with Crippen LogP contribution in [0, 0.1) is 0 Å². The van der Waals surface area contributed by atoms with Gasteiger partial charge < -0.3 is 5.73 Å². The van der Waals surface area contributed by atoms with Crippen LogP contribution in [0.3, 0.4) is 0 Å². The van der Waals surface area contributed by atoms with Crippen molar-refractivity contribution >= 4 is 27.2 Å². The molecule has 1 saturated carbocycles. The van der Waals surface area contributed by atoms with Crippen molar-refractivity contribution in [3.05, 3.63) is 12.4 Å². The molecule has 17 heavy (non-hydrogen) atoms. The van der Waals surface area contributed by atoms with Crippen LogP contribution in [-0.2, 0) is 10.0 Å². The molecule has 0 atom stereocenters. The molecule has 8 heteroatoms. The molecule has 2 rings (SSSR count). The van der Waals surface area contributed by atoms with Gasteiger partial charge in [-0.15, -0.1) is 0 Å². The quantitative estimate of drug-likeness (QED) is 0.685.